The number of anilines is 1. The van der Waals surface area contributed by atoms with Crippen molar-refractivity contribution in [2.24, 2.45) is 5.92 Å². The number of amides is 1. The highest BCUT2D eigenvalue weighted by Gasteiger charge is 2.37. The summed E-state index contributed by atoms with van der Waals surface area (Å²) >= 11 is 0. The minimum Gasteiger partial charge on any atom is -0.481 e. The lowest BCUT2D eigenvalue weighted by Gasteiger charge is -2.18. The number of nitro benzene ring substituents is 1. The molecule has 9 heteroatoms. The summed E-state index contributed by atoms with van der Waals surface area (Å²) in [5.41, 5.74) is -0.872. The van der Waals surface area contributed by atoms with Gasteiger partial charge in [0.25, 0.3) is 5.69 Å². The van der Waals surface area contributed by atoms with Crippen LogP contribution in [0.25, 0.3) is 0 Å². The van der Waals surface area contributed by atoms with Crippen LogP contribution in [0.1, 0.15) is 16.8 Å². The Morgan fingerprint density at radius 3 is 2.48 bits per heavy atom. The van der Waals surface area contributed by atoms with Gasteiger partial charge in [-0.1, -0.05) is 0 Å². The molecule has 1 fully saturated rings. The van der Waals surface area contributed by atoms with Crippen LogP contribution in [-0.4, -0.2) is 39.5 Å². The Labute approximate surface area is 117 Å². The lowest BCUT2D eigenvalue weighted by Crippen LogP contribution is -2.27. The maximum absolute atomic E-state index is 11.8. The Bertz CT molecular complexity index is 655. The number of carbonyl (C=O) groups excluding carboxylic acids is 1. The average Bonchev–Trinajstić information content (AvgIpc) is 2.80. The molecule has 0 aliphatic carbocycles. The van der Waals surface area contributed by atoms with Crippen molar-refractivity contribution < 1.29 is 29.5 Å². The molecule has 1 saturated heterocycles. The van der Waals surface area contributed by atoms with Crippen molar-refractivity contribution in [2.45, 2.75) is 6.42 Å². The number of nitrogens with zero attached hydrogens (tertiary/aromatic N) is 2. The molecule has 110 valence electrons. The van der Waals surface area contributed by atoms with Crippen LogP contribution < -0.4 is 4.90 Å². The molecule has 0 bridgehead atoms. The summed E-state index contributed by atoms with van der Waals surface area (Å²) in [7, 11) is 0. The minimum atomic E-state index is -1.43. The van der Waals surface area contributed by atoms with Gasteiger partial charge < -0.3 is 15.1 Å². The van der Waals surface area contributed by atoms with Gasteiger partial charge in [0.15, 0.2) is 0 Å². The van der Waals surface area contributed by atoms with Crippen LogP contribution in [0.4, 0.5) is 11.4 Å². The number of hydrogen-bond donors (Lipinski definition) is 2. The van der Waals surface area contributed by atoms with Crippen molar-refractivity contribution in [3.63, 3.8) is 0 Å². The summed E-state index contributed by atoms with van der Waals surface area (Å²) in [6, 6.07) is 3.06. The van der Waals surface area contributed by atoms with Gasteiger partial charge in [0.1, 0.15) is 0 Å². The Morgan fingerprint density at radius 2 is 2.00 bits per heavy atom. The van der Waals surface area contributed by atoms with E-state index in [0.717, 1.165) is 23.1 Å². The highest BCUT2D eigenvalue weighted by Crippen LogP contribution is 2.30. The molecular formula is C12H10N2O7. The third-order valence-corrected chi connectivity index (χ3v) is 3.19. The minimum absolute atomic E-state index is 0.0400. The number of aliphatic carboxylic acids is 1. The second-order valence-electron chi connectivity index (χ2n) is 4.51. The number of carboxylic acids is 2. The fourth-order valence-electron chi connectivity index (χ4n) is 2.15. The third kappa shape index (κ3) is 2.66. The van der Waals surface area contributed by atoms with Crippen LogP contribution in [0, 0.1) is 16.0 Å². The topological polar surface area (TPSA) is 138 Å². The van der Waals surface area contributed by atoms with Crippen molar-refractivity contribution in [1.29, 1.82) is 0 Å². The zero-order valence-electron chi connectivity index (χ0n) is 10.6. The summed E-state index contributed by atoms with van der Waals surface area (Å²) in [6.07, 6.45) is -0.231. The average molecular weight is 294 g/mol. The summed E-state index contributed by atoms with van der Waals surface area (Å²) in [6.45, 7) is -0.160. The molecule has 0 aromatic heterocycles. The molecule has 1 unspecified atom stereocenters. The van der Waals surface area contributed by atoms with Gasteiger partial charge >= 0.3 is 11.9 Å². The van der Waals surface area contributed by atoms with E-state index < -0.39 is 39.9 Å². The summed E-state index contributed by atoms with van der Waals surface area (Å²) in [5.74, 6) is -4.03. The molecule has 2 N–H and O–H groups in total. The number of non-ortho nitro benzene ring substituents is 1. The third-order valence-electron chi connectivity index (χ3n) is 3.19. The number of aromatic carboxylic acids is 1. The molecule has 0 spiro atoms. The maximum Gasteiger partial charge on any atom is 0.338 e. The molecule has 21 heavy (non-hydrogen) atoms. The first-order valence-corrected chi connectivity index (χ1v) is 5.86. The highest BCUT2D eigenvalue weighted by molar-refractivity contribution is 6.05. The Kier molecular flexibility index (Phi) is 3.57. The smallest absolute Gasteiger partial charge is 0.338 e. The molecule has 1 heterocycles. The molecule has 2 rings (SSSR count). The van der Waals surface area contributed by atoms with Crippen LogP contribution in [0.15, 0.2) is 18.2 Å². The molecule has 1 aliphatic heterocycles. The lowest BCUT2D eigenvalue weighted by atomic mass is 10.1. The van der Waals surface area contributed by atoms with Gasteiger partial charge in [-0.25, -0.2) is 4.79 Å². The molecule has 0 radical (unpaired) electrons. The van der Waals surface area contributed by atoms with Gasteiger partial charge in [-0.05, 0) is 6.07 Å². The Balaban J connectivity index is 2.44. The van der Waals surface area contributed by atoms with Crippen LogP contribution >= 0.6 is 0 Å². The molecular weight excluding hydrogens is 284 g/mol. The van der Waals surface area contributed by atoms with Crippen molar-refractivity contribution in [3.8, 4) is 0 Å². The molecule has 9 nitrogen and oxygen atoms in total. The number of carboxylic acid groups (broad SMARTS) is 2. The van der Waals surface area contributed by atoms with E-state index in [1.54, 1.807) is 0 Å². The van der Waals surface area contributed by atoms with E-state index in [1.165, 1.54) is 0 Å². The summed E-state index contributed by atoms with van der Waals surface area (Å²) in [5, 5.41) is 28.7. The number of carbonyl (C=O) groups is 3. The number of hydrogen-bond acceptors (Lipinski definition) is 5. The molecule has 1 aliphatic rings. The van der Waals surface area contributed by atoms with Gasteiger partial charge in [0.05, 0.1) is 22.1 Å². The van der Waals surface area contributed by atoms with Gasteiger partial charge in [-0.3, -0.25) is 19.7 Å². The normalized spacial score (nSPS) is 17.8. The van der Waals surface area contributed by atoms with E-state index in [4.69, 9.17) is 10.2 Å². The van der Waals surface area contributed by atoms with Crippen LogP contribution in [0.5, 0.6) is 0 Å². The van der Waals surface area contributed by atoms with E-state index in [-0.39, 0.29) is 18.7 Å². The highest BCUT2D eigenvalue weighted by atomic mass is 16.6. The Hall–Kier alpha value is -2.97. The van der Waals surface area contributed by atoms with E-state index >= 15 is 0 Å². The molecule has 1 atom stereocenters. The number of rotatable bonds is 4. The zero-order valence-corrected chi connectivity index (χ0v) is 10.6. The number of benzene rings is 1. The molecule has 1 aromatic rings. The Morgan fingerprint density at radius 1 is 1.33 bits per heavy atom. The van der Waals surface area contributed by atoms with Gasteiger partial charge in [-0.2, -0.15) is 0 Å². The van der Waals surface area contributed by atoms with Crippen molar-refractivity contribution >= 4 is 29.2 Å². The van der Waals surface area contributed by atoms with Crippen LogP contribution in [-0.2, 0) is 9.59 Å². The first-order valence-electron chi connectivity index (χ1n) is 5.86. The fourth-order valence-corrected chi connectivity index (χ4v) is 2.15. The largest absolute Gasteiger partial charge is 0.481 e. The summed E-state index contributed by atoms with van der Waals surface area (Å²) < 4.78 is 0. The monoisotopic (exact) mass is 294 g/mol. The molecule has 1 aromatic carbocycles. The van der Waals surface area contributed by atoms with E-state index in [0.29, 0.717) is 0 Å². The SMILES string of the molecule is O=C(O)c1cc([N+](=O)[O-])ccc1N1CC(C(=O)O)CC1=O. The van der Waals surface area contributed by atoms with Crippen molar-refractivity contribution in [3.05, 3.63) is 33.9 Å². The van der Waals surface area contributed by atoms with Gasteiger partial charge in [-0.15, -0.1) is 0 Å². The van der Waals surface area contributed by atoms with E-state index in [2.05, 4.69) is 0 Å². The zero-order chi connectivity index (χ0) is 15.7. The summed E-state index contributed by atoms with van der Waals surface area (Å²) in [4.78, 5) is 44.9. The standard InChI is InChI=1S/C12H10N2O7/c15-10-3-6(11(16)17)5-13(10)9-2-1-7(14(20)21)4-8(9)12(18)19/h1-2,4,6H,3,5H2,(H,16,17)(H,18,19). The van der Waals surface area contributed by atoms with Crippen LogP contribution in [0.3, 0.4) is 0 Å². The second kappa shape index (κ2) is 5.19. The second-order valence-corrected chi connectivity index (χ2v) is 4.51. The van der Waals surface area contributed by atoms with Gasteiger partial charge in [0, 0.05) is 25.1 Å². The number of nitro groups is 1. The fraction of sp³-hybridized carbons (Fsp3) is 0.250. The molecule has 0 saturated carbocycles. The first-order chi connectivity index (χ1) is 9.81. The molecule has 1 amide bonds. The van der Waals surface area contributed by atoms with Gasteiger partial charge in [0.2, 0.25) is 5.91 Å². The quantitative estimate of drug-likeness (QED) is 0.616. The predicted octanol–water partition coefficient (Wildman–Crippen LogP) is 0.731. The maximum atomic E-state index is 11.8. The first kappa shape index (κ1) is 14.4. The van der Waals surface area contributed by atoms with E-state index in [9.17, 15) is 24.5 Å². The van der Waals surface area contributed by atoms with Crippen LogP contribution in [0.2, 0.25) is 0 Å². The lowest BCUT2D eigenvalue weighted by molar-refractivity contribution is -0.384. The van der Waals surface area contributed by atoms with Crippen molar-refractivity contribution in [1.82, 2.24) is 0 Å². The van der Waals surface area contributed by atoms with E-state index in [1.807, 2.05) is 0 Å². The van der Waals surface area contributed by atoms with Crippen molar-refractivity contribution in [2.75, 3.05) is 11.4 Å². The predicted molar refractivity (Wildman–Crippen MR) is 68.2 cm³/mol.